The molecule has 2 bridgehead atoms. The lowest BCUT2D eigenvalue weighted by Crippen LogP contribution is -2.60. The summed E-state index contributed by atoms with van der Waals surface area (Å²) in [5.74, 6) is -2.44. The molecule has 1 spiro atoms. The van der Waals surface area contributed by atoms with Crippen molar-refractivity contribution in [3.8, 4) is 0 Å². The number of aliphatic hydroxyl groups excluding tert-OH is 1. The number of likely N-dealkylation sites (tertiary alicyclic amines) is 1. The van der Waals surface area contributed by atoms with Crippen LogP contribution in [0.25, 0.3) is 0 Å². The molecule has 206 valence electrons. The van der Waals surface area contributed by atoms with E-state index in [1.165, 1.54) is 4.90 Å². The van der Waals surface area contributed by atoms with Gasteiger partial charge in [-0.05, 0) is 51.9 Å². The van der Waals surface area contributed by atoms with Crippen molar-refractivity contribution >= 4 is 17.8 Å². The maximum absolute atomic E-state index is 14.4. The summed E-state index contributed by atoms with van der Waals surface area (Å²) in [6.45, 7) is 11.7. The van der Waals surface area contributed by atoms with Gasteiger partial charge in [-0.15, -0.1) is 13.2 Å². The lowest BCUT2D eigenvalue weighted by atomic mass is 9.65. The Morgan fingerprint density at radius 1 is 1.24 bits per heavy atom. The van der Waals surface area contributed by atoms with Gasteiger partial charge < -0.3 is 24.4 Å². The zero-order valence-corrected chi connectivity index (χ0v) is 22.5. The van der Waals surface area contributed by atoms with Gasteiger partial charge in [0, 0.05) is 12.6 Å². The lowest BCUT2D eigenvalue weighted by molar-refractivity contribution is -0.164. The van der Waals surface area contributed by atoms with Crippen molar-refractivity contribution in [2.45, 2.75) is 107 Å². The second kappa shape index (κ2) is 11.3. The molecular weight excluding hydrogens is 472 g/mol. The Morgan fingerprint density at radius 2 is 1.97 bits per heavy atom. The predicted molar refractivity (Wildman–Crippen MR) is 139 cm³/mol. The van der Waals surface area contributed by atoms with E-state index in [4.69, 9.17) is 9.47 Å². The third-order valence-electron chi connectivity index (χ3n) is 9.27. The van der Waals surface area contributed by atoms with Crippen LogP contribution in [0.4, 0.5) is 0 Å². The number of esters is 1. The smallest absolute Gasteiger partial charge is 0.312 e. The molecule has 2 amide bonds. The Bertz CT molecular complexity index is 901. The molecule has 3 heterocycles. The van der Waals surface area contributed by atoms with Crippen LogP contribution in [0.3, 0.4) is 0 Å². The number of carbonyl (C=O) groups excluding carboxylic acids is 3. The molecule has 8 nitrogen and oxygen atoms in total. The number of ether oxygens (including phenoxy) is 2. The van der Waals surface area contributed by atoms with Gasteiger partial charge >= 0.3 is 5.97 Å². The van der Waals surface area contributed by atoms with Gasteiger partial charge in [0.15, 0.2) is 0 Å². The van der Waals surface area contributed by atoms with Gasteiger partial charge in [-0.25, -0.2) is 0 Å². The van der Waals surface area contributed by atoms with E-state index < -0.39 is 41.1 Å². The van der Waals surface area contributed by atoms with Crippen LogP contribution >= 0.6 is 0 Å². The Morgan fingerprint density at radius 3 is 2.59 bits per heavy atom. The second-order valence-corrected chi connectivity index (χ2v) is 11.3. The van der Waals surface area contributed by atoms with Crippen LogP contribution in [0.5, 0.6) is 0 Å². The third-order valence-corrected chi connectivity index (χ3v) is 9.27. The fraction of sp³-hybridized carbons (Fsp3) is 0.759. The lowest BCUT2D eigenvalue weighted by Gasteiger charge is -2.42. The van der Waals surface area contributed by atoms with Crippen LogP contribution < -0.4 is 0 Å². The Balaban J connectivity index is 1.72. The third kappa shape index (κ3) is 4.54. The average Bonchev–Trinajstić information content (AvgIpc) is 3.53. The maximum atomic E-state index is 14.4. The molecule has 0 aromatic heterocycles. The van der Waals surface area contributed by atoms with Gasteiger partial charge in [0.05, 0.1) is 30.8 Å². The van der Waals surface area contributed by atoms with Crippen LogP contribution in [0.2, 0.25) is 0 Å². The molecule has 3 saturated heterocycles. The predicted octanol–water partition coefficient (Wildman–Crippen LogP) is 3.38. The first-order chi connectivity index (χ1) is 17.8. The molecule has 37 heavy (non-hydrogen) atoms. The van der Waals surface area contributed by atoms with Crippen LogP contribution in [0.15, 0.2) is 25.3 Å². The summed E-state index contributed by atoms with van der Waals surface area (Å²) in [6.07, 6.45) is 11.7. The van der Waals surface area contributed by atoms with E-state index in [0.29, 0.717) is 32.2 Å². The Kier molecular flexibility index (Phi) is 8.48. The molecule has 1 N–H and O–H groups in total. The summed E-state index contributed by atoms with van der Waals surface area (Å²) in [5.41, 5.74) is -1.93. The summed E-state index contributed by atoms with van der Waals surface area (Å²) in [7, 11) is 0. The number of hydrogen-bond donors (Lipinski definition) is 1. The molecule has 1 aliphatic carbocycles. The van der Waals surface area contributed by atoms with E-state index in [-0.39, 0.29) is 31.1 Å². The summed E-state index contributed by atoms with van der Waals surface area (Å²) in [4.78, 5) is 45.5. The molecule has 2 unspecified atom stereocenters. The highest BCUT2D eigenvalue weighted by atomic mass is 16.6. The molecule has 1 saturated carbocycles. The van der Waals surface area contributed by atoms with E-state index >= 15 is 0 Å². The normalized spacial score (nSPS) is 33.8. The topological polar surface area (TPSA) is 96.4 Å². The van der Waals surface area contributed by atoms with Gasteiger partial charge in [-0.2, -0.15) is 0 Å². The van der Waals surface area contributed by atoms with E-state index in [0.717, 1.165) is 38.5 Å². The van der Waals surface area contributed by atoms with Crippen LogP contribution in [-0.2, 0) is 23.9 Å². The van der Waals surface area contributed by atoms with Crippen LogP contribution in [0.1, 0.15) is 78.1 Å². The summed E-state index contributed by atoms with van der Waals surface area (Å²) < 4.78 is 12.5. The van der Waals surface area contributed by atoms with Crippen molar-refractivity contribution < 1.29 is 29.0 Å². The summed E-state index contributed by atoms with van der Waals surface area (Å²) in [5, 5.41) is 10.1. The van der Waals surface area contributed by atoms with Gasteiger partial charge in [0.1, 0.15) is 17.6 Å². The standard InChI is InChI=1S/C29H44N2O6/c1-5-8-12-18-36-27(35)23-22-25(33)31(20(4)19-32)24(29(22)16-15-28(23,7-3)37-29)26(34)30(17-6-2)21-13-10-9-11-14-21/h5-6,20-24,32H,1-2,7-19H2,3-4H3/t20-,22+,23-,24?,28+,29?/m1/s1. The maximum Gasteiger partial charge on any atom is 0.312 e. The van der Waals surface area contributed by atoms with Gasteiger partial charge in [0.2, 0.25) is 11.8 Å². The average molecular weight is 517 g/mol. The number of amides is 2. The number of allylic oxidation sites excluding steroid dienone is 1. The first-order valence-electron chi connectivity index (χ1n) is 14.1. The van der Waals surface area contributed by atoms with Gasteiger partial charge in [0.25, 0.3) is 0 Å². The van der Waals surface area contributed by atoms with Crippen molar-refractivity contribution in [1.82, 2.24) is 9.80 Å². The van der Waals surface area contributed by atoms with Crippen molar-refractivity contribution in [3.05, 3.63) is 25.3 Å². The van der Waals surface area contributed by atoms with Crippen molar-refractivity contribution in [1.29, 1.82) is 0 Å². The van der Waals surface area contributed by atoms with E-state index in [1.54, 1.807) is 19.1 Å². The molecule has 4 aliphatic rings. The zero-order valence-electron chi connectivity index (χ0n) is 22.5. The van der Waals surface area contributed by atoms with Crippen molar-refractivity contribution in [3.63, 3.8) is 0 Å². The van der Waals surface area contributed by atoms with Crippen molar-refractivity contribution in [2.24, 2.45) is 11.8 Å². The van der Waals surface area contributed by atoms with Crippen LogP contribution in [-0.4, -0.2) is 81.8 Å². The highest BCUT2D eigenvalue weighted by Crippen LogP contribution is 2.64. The highest BCUT2D eigenvalue weighted by molar-refractivity contribution is 5.98. The molecule has 6 atom stereocenters. The summed E-state index contributed by atoms with van der Waals surface area (Å²) in [6, 6.07) is -1.38. The first-order valence-corrected chi connectivity index (χ1v) is 14.1. The SMILES string of the molecule is C=CCCCOC(=O)[C@H]1[C@H]2C(=O)N([C@H](C)CO)C(C(=O)N(CC=C)C3CCCCC3)C23CC[C@]1(CC)O3. The number of unbranched alkanes of at least 4 members (excludes halogenated alkanes) is 1. The molecule has 4 rings (SSSR count). The van der Waals surface area contributed by atoms with E-state index in [2.05, 4.69) is 13.2 Å². The van der Waals surface area contributed by atoms with Crippen molar-refractivity contribution in [2.75, 3.05) is 19.8 Å². The molecule has 4 fully saturated rings. The van der Waals surface area contributed by atoms with Gasteiger partial charge in [-0.3, -0.25) is 14.4 Å². The molecule has 0 aromatic rings. The summed E-state index contributed by atoms with van der Waals surface area (Å²) >= 11 is 0. The second-order valence-electron chi connectivity index (χ2n) is 11.3. The molecule has 0 radical (unpaired) electrons. The number of nitrogens with zero attached hydrogens (tertiary/aromatic N) is 2. The van der Waals surface area contributed by atoms with Crippen LogP contribution in [0, 0.1) is 11.8 Å². The van der Waals surface area contributed by atoms with E-state index in [9.17, 15) is 19.5 Å². The van der Waals surface area contributed by atoms with E-state index in [1.807, 2.05) is 11.8 Å². The largest absolute Gasteiger partial charge is 0.465 e. The molecule has 3 aliphatic heterocycles. The fourth-order valence-electron chi connectivity index (χ4n) is 7.45. The monoisotopic (exact) mass is 516 g/mol. The first kappa shape index (κ1) is 27.8. The molecule has 8 heteroatoms. The highest BCUT2D eigenvalue weighted by Gasteiger charge is 2.79. The minimum Gasteiger partial charge on any atom is -0.465 e. The number of carbonyl (C=O) groups is 3. The molecular formula is C29H44N2O6. The number of rotatable bonds is 12. The number of aliphatic hydroxyl groups is 1. The van der Waals surface area contributed by atoms with Gasteiger partial charge in [-0.1, -0.05) is 38.3 Å². The number of fused-ring (bicyclic) bond motifs is 1. The minimum atomic E-state index is -1.10. The Labute approximate surface area is 221 Å². The fourth-order valence-corrected chi connectivity index (χ4v) is 7.45. The zero-order chi connectivity index (χ0) is 26.8. The Hall–Kier alpha value is -2.19. The minimum absolute atomic E-state index is 0.0837. The quantitative estimate of drug-likeness (QED) is 0.243. The number of hydrogen-bond acceptors (Lipinski definition) is 6. The molecule has 0 aromatic carbocycles.